The Morgan fingerprint density at radius 3 is 1.41 bits per heavy atom. The fourth-order valence-corrected chi connectivity index (χ4v) is 7.19. The highest BCUT2D eigenvalue weighted by atomic mass is 32.1. The second-order valence-corrected chi connectivity index (χ2v) is 13.6. The normalized spacial score (nSPS) is 12.2. The molecule has 2 heterocycles. The van der Waals surface area contributed by atoms with Crippen LogP contribution in [0.5, 0.6) is 11.5 Å². The van der Waals surface area contributed by atoms with Gasteiger partial charge in [-0.1, -0.05) is 96.1 Å². The number of benzene rings is 6. The van der Waals surface area contributed by atoms with Crippen LogP contribution in [0.2, 0.25) is 0 Å². The lowest BCUT2D eigenvalue weighted by atomic mass is 10.0. The molecule has 0 saturated heterocycles. The number of fused-ring (bicyclic) bond motifs is 1. The summed E-state index contributed by atoms with van der Waals surface area (Å²) in [5.74, 6) is 1.69. The number of para-hydroxylation sites is 1. The Morgan fingerprint density at radius 1 is 0.471 bits per heavy atom. The van der Waals surface area contributed by atoms with E-state index in [4.69, 9.17) is 9.47 Å². The van der Waals surface area contributed by atoms with Gasteiger partial charge in [0.2, 0.25) is 0 Å². The van der Waals surface area contributed by atoms with Gasteiger partial charge in [0.15, 0.2) is 11.5 Å². The molecule has 0 bridgehead atoms. The Morgan fingerprint density at radius 2 is 0.902 bits per heavy atom. The minimum absolute atomic E-state index is 0.587. The summed E-state index contributed by atoms with van der Waals surface area (Å²) in [6, 6.07) is 54.3. The summed E-state index contributed by atoms with van der Waals surface area (Å²) in [6.45, 7) is 5.43. The Bertz CT molecular complexity index is 2240. The van der Waals surface area contributed by atoms with Gasteiger partial charge in [0.25, 0.3) is 0 Å². The molecule has 250 valence electrons. The summed E-state index contributed by atoms with van der Waals surface area (Å²) in [6.07, 6.45) is 4.24. The van der Waals surface area contributed by atoms with Gasteiger partial charge < -0.3 is 19.3 Å². The molecule has 5 heteroatoms. The second-order valence-electron chi connectivity index (χ2n) is 12.7. The number of rotatable bonds is 9. The third kappa shape index (κ3) is 7.03. The van der Waals surface area contributed by atoms with E-state index >= 15 is 0 Å². The summed E-state index contributed by atoms with van der Waals surface area (Å²) in [7, 11) is 0. The van der Waals surface area contributed by atoms with Crippen molar-refractivity contribution in [1.29, 1.82) is 0 Å². The highest BCUT2D eigenvalue weighted by molar-refractivity contribution is 7.11. The summed E-state index contributed by atoms with van der Waals surface area (Å²) in [5, 5.41) is 2.02. The van der Waals surface area contributed by atoms with E-state index in [1.54, 1.807) is 11.3 Å². The first kappa shape index (κ1) is 32.2. The second kappa shape index (κ2) is 14.4. The van der Waals surface area contributed by atoms with E-state index in [0.717, 1.165) is 56.1 Å². The van der Waals surface area contributed by atoms with Crippen LogP contribution in [0.25, 0.3) is 23.3 Å². The van der Waals surface area contributed by atoms with E-state index in [0.29, 0.717) is 13.2 Å². The minimum Gasteiger partial charge on any atom is -0.485 e. The average Bonchev–Trinajstić information content (AvgIpc) is 3.60. The average molecular weight is 683 g/mol. The van der Waals surface area contributed by atoms with Crippen LogP contribution in [0, 0.1) is 13.8 Å². The Balaban J connectivity index is 1.05. The van der Waals surface area contributed by atoms with Crippen LogP contribution in [0.1, 0.15) is 21.6 Å². The molecule has 1 aromatic heterocycles. The van der Waals surface area contributed by atoms with Crippen molar-refractivity contribution < 1.29 is 9.47 Å². The first-order chi connectivity index (χ1) is 25.1. The van der Waals surface area contributed by atoms with E-state index in [2.05, 4.69) is 187 Å². The van der Waals surface area contributed by atoms with E-state index in [1.165, 1.54) is 22.3 Å². The van der Waals surface area contributed by atoms with Gasteiger partial charge in [0.1, 0.15) is 13.2 Å². The van der Waals surface area contributed by atoms with Crippen LogP contribution in [0.15, 0.2) is 157 Å². The Hall–Kier alpha value is -6.04. The zero-order chi connectivity index (χ0) is 34.6. The highest BCUT2D eigenvalue weighted by Crippen LogP contribution is 2.41. The molecular formula is C46H38N2O2S. The SMILES string of the molecule is Cc1ccc(N(c2ccccc2)c2ccc(-c3ccc(N(c4ccc(C)cc4)c4ccc(/C=C/c5scc6c5OCCO6)cc4)cc3)cc2)cc1. The van der Waals surface area contributed by atoms with Crippen LogP contribution in [-0.2, 0) is 0 Å². The summed E-state index contributed by atoms with van der Waals surface area (Å²) < 4.78 is 11.6. The summed E-state index contributed by atoms with van der Waals surface area (Å²) in [4.78, 5) is 5.68. The van der Waals surface area contributed by atoms with Crippen molar-refractivity contribution in [3.8, 4) is 22.6 Å². The van der Waals surface area contributed by atoms with Gasteiger partial charge >= 0.3 is 0 Å². The maximum Gasteiger partial charge on any atom is 0.179 e. The number of hydrogen-bond acceptors (Lipinski definition) is 5. The third-order valence-electron chi connectivity index (χ3n) is 9.09. The molecule has 0 saturated carbocycles. The Labute approximate surface area is 304 Å². The first-order valence-corrected chi connectivity index (χ1v) is 18.1. The lowest BCUT2D eigenvalue weighted by Gasteiger charge is -2.26. The zero-order valence-corrected chi connectivity index (χ0v) is 29.5. The molecule has 0 N–H and O–H groups in total. The molecule has 6 aromatic carbocycles. The first-order valence-electron chi connectivity index (χ1n) is 17.2. The predicted octanol–water partition coefficient (Wildman–Crippen LogP) is 12.9. The molecule has 0 amide bonds. The lowest BCUT2D eigenvalue weighted by Crippen LogP contribution is -2.14. The molecular weight excluding hydrogens is 645 g/mol. The quantitative estimate of drug-likeness (QED) is 0.151. The van der Waals surface area contributed by atoms with Crippen molar-refractivity contribution in [3.05, 3.63) is 179 Å². The molecule has 0 atom stereocenters. The van der Waals surface area contributed by atoms with Crippen LogP contribution in [0.3, 0.4) is 0 Å². The number of anilines is 6. The van der Waals surface area contributed by atoms with E-state index < -0.39 is 0 Å². The third-order valence-corrected chi connectivity index (χ3v) is 10.00. The largest absolute Gasteiger partial charge is 0.485 e. The molecule has 0 radical (unpaired) electrons. The van der Waals surface area contributed by atoms with Crippen molar-refractivity contribution in [2.45, 2.75) is 13.8 Å². The summed E-state index contributed by atoms with van der Waals surface area (Å²) in [5.41, 5.74) is 12.6. The van der Waals surface area contributed by atoms with E-state index in [1.807, 2.05) is 5.38 Å². The number of ether oxygens (including phenoxy) is 2. The van der Waals surface area contributed by atoms with Crippen molar-refractivity contribution in [3.63, 3.8) is 0 Å². The van der Waals surface area contributed by atoms with Crippen LogP contribution < -0.4 is 19.3 Å². The number of thiophene rings is 1. The minimum atomic E-state index is 0.587. The van der Waals surface area contributed by atoms with Crippen molar-refractivity contribution in [2.24, 2.45) is 0 Å². The molecule has 8 rings (SSSR count). The van der Waals surface area contributed by atoms with Gasteiger partial charge in [-0.05, 0) is 109 Å². The summed E-state index contributed by atoms with van der Waals surface area (Å²) >= 11 is 1.64. The van der Waals surface area contributed by atoms with Crippen LogP contribution in [0.4, 0.5) is 34.1 Å². The highest BCUT2D eigenvalue weighted by Gasteiger charge is 2.17. The molecule has 0 fully saturated rings. The van der Waals surface area contributed by atoms with Crippen molar-refractivity contribution in [2.75, 3.05) is 23.0 Å². The smallest absolute Gasteiger partial charge is 0.179 e. The lowest BCUT2D eigenvalue weighted by molar-refractivity contribution is 0.173. The van der Waals surface area contributed by atoms with Gasteiger partial charge in [0, 0.05) is 39.5 Å². The molecule has 0 aliphatic carbocycles. The van der Waals surface area contributed by atoms with Crippen LogP contribution >= 0.6 is 11.3 Å². The van der Waals surface area contributed by atoms with Crippen LogP contribution in [-0.4, -0.2) is 13.2 Å². The topological polar surface area (TPSA) is 24.9 Å². The predicted molar refractivity (Wildman–Crippen MR) is 215 cm³/mol. The fourth-order valence-electron chi connectivity index (χ4n) is 6.37. The number of nitrogens with zero attached hydrogens (tertiary/aromatic N) is 2. The maximum absolute atomic E-state index is 5.85. The molecule has 7 aromatic rings. The van der Waals surface area contributed by atoms with Gasteiger partial charge in [-0.3, -0.25) is 0 Å². The Kier molecular flexibility index (Phi) is 9.11. The molecule has 4 nitrogen and oxygen atoms in total. The standard InChI is InChI=1S/C46H38N2O2S/c1-33-8-19-39(20-9-33)47(38-6-4-3-5-7-38)42-25-15-36(16-26-42)37-17-27-43(28-18-37)48(40-21-10-34(2)11-22-40)41-23-12-35(13-24-41)14-29-45-46-44(32-51-45)49-30-31-50-46/h3-29,32H,30-31H2,1-2H3/b29-14+. The molecule has 51 heavy (non-hydrogen) atoms. The zero-order valence-electron chi connectivity index (χ0n) is 28.7. The molecule has 1 aliphatic rings. The van der Waals surface area contributed by atoms with Gasteiger partial charge in [-0.2, -0.15) is 0 Å². The molecule has 0 spiro atoms. The van der Waals surface area contributed by atoms with Gasteiger partial charge in [-0.25, -0.2) is 0 Å². The monoisotopic (exact) mass is 682 g/mol. The van der Waals surface area contributed by atoms with Gasteiger partial charge in [0.05, 0.1) is 4.88 Å². The van der Waals surface area contributed by atoms with Gasteiger partial charge in [-0.15, -0.1) is 11.3 Å². The number of aryl methyl sites for hydroxylation is 2. The maximum atomic E-state index is 5.85. The fraction of sp³-hybridized carbons (Fsp3) is 0.0870. The molecule has 1 aliphatic heterocycles. The van der Waals surface area contributed by atoms with E-state index in [-0.39, 0.29) is 0 Å². The van der Waals surface area contributed by atoms with Crippen molar-refractivity contribution >= 4 is 57.6 Å². The number of hydrogen-bond donors (Lipinski definition) is 0. The molecule has 0 unspecified atom stereocenters. The van der Waals surface area contributed by atoms with E-state index in [9.17, 15) is 0 Å². The van der Waals surface area contributed by atoms with Crippen molar-refractivity contribution in [1.82, 2.24) is 0 Å².